The minimum atomic E-state index is -5.07. The Balaban J connectivity index is 2.38. The Kier molecular flexibility index (Phi) is 3.56. The lowest BCUT2D eigenvalue weighted by Crippen LogP contribution is -2.30. The first-order chi connectivity index (χ1) is 9.79. The van der Waals surface area contributed by atoms with Crippen LogP contribution in [0.15, 0.2) is 24.5 Å². The van der Waals surface area contributed by atoms with Crippen molar-refractivity contribution < 1.29 is 27.9 Å². The number of nitrogens with zero attached hydrogens (tertiary/aromatic N) is 4. The molecule has 2 N–H and O–H groups in total. The predicted octanol–water partition coefficient (Wildman–Crippen LogP) is 0.861. The van der Waals surface area contributed by atoms with E-state index < -0.39 is 18.1 Å². The van der Waals surface area contributed by atoms with Crippen LogP contribution in [-0.4, -0.2) is 43.4 Å². The Hall–Kier alpha value is -2.98. The standard InChI is InChI=1S/C10H6F3N5O3/c11-10(12,13)9(21)15-5-1-2-7(6(3-5)8(19)20)18-4-14-16-17-18/h1-4H,(H,15,21)(H,19,20). The molecule has 2 aromatic rings. The van der Waals surface area contributed by atoms with Crippen LogP contribution in [0.4, 0.5) is 18.9 Å². The fourth-order valence-electron chi connectivity index (χ4n) is 1.46. The summed E-state index contributed by atoms with van der Waals surface area (Å²) in [4.78, 5) is 21.9. The van der Waals surface area contributed by atoms with Crippen LogP contribution in [0.5, 0.6) is 0 Å². The molecule has 110 valence electrons. The molecule has 0 bridgehead atoms. The van der Waals surface area contributed by atoms with Crippen molar-refractivity contribution in [3.05, 3.63) is 30.1 Å². The first-order valence-electron chi connectivity index (χ1n) is 5.28. The van der Waals surface area contributed by atoms with Crippen LogP contribution in [0.2, 0.25) is 0 Å². The van der Waals surface area contributed by atoms with Crippen molar-refractivity contribution in [1.82, 2.24) is 20.2 Å². The van der Waals surface area contributed by atoms with E-state index in [0.717, 1.165) is 23.1 Å². The average Bonchev–Trinajstić information content (AvgIpc) is 2.91. The molecule has 0 aliphatic rings. The van der Waals surface area contributed by atoms with Gasteiger partial charge in [0.15, 0.2) is 0 Å². The molecule has 1 aromatic carbocycles. The van der Waals surface area contributed by atoms with Crippen molar-refractivity contribution in [3.8, 4) is 5.69 Å². The summed E-state index contributed by atoms with van der Waals surface area (Å²) in [7, 11) is 0. The van der Waals surface area contributed by atoms with Gasteiger partial charge in [-0.1, -0.05) is 0 Å². The Morgan fingerprint density at radius 1 is 1.29 bits per heavy atom. The number of nitrogens with one attached hydrogen (secondary N) is 1. The fourth-order valence-corrected chi connectivity index (χ4v) is 1.46. The van der Waals surface area contributed by atoms with E-state index in [9.17, 15) is 22.8 Å². The third-order valence-corrected chi connectivity index (χ3v) is 2.34. The van der Waals surface area contributed by atoms with E-state index >= 15 is 0 Å². The number of benzene rings is 1. The molecule has 1 aromatic heterocycles. The van der Waals surface area contributed by atoms with Gasteiger partial charge in [-0.15, -0.1) is 5.10 Å². The van der Waals surface area contributed by atoms with Gasteiger partial charge in [-0.25, -0.2) is 4.79 Å². The van der Waals surface area contributed by atoms with Crippen LogP contribution in [0, 0.1) is 0 Å². The topological polar surface area (TPSA) is 110 Å². The van der Waals surface area contributed by atoms with Crippen LogP contribution in [0.1, 0.15) is 10.4 Å². The van der Waals surface area contributed by atoms with Crippen LogP contribution >= 0.6 is 0 Å². The predicted molar refractivity (Wildman–Crippen MR) is 60.8 cm³/mol. The molecule has 8 nitrogen and oxygen atoms in total. The van der Waals surface area contributed by atoms with Gasteiger partial charge in [0, 0.05) is 5.69 Å². The summed E-state index contributed by atoms with van der Waals surface area (Å²) < 4.78 is 37.4. The number of rotatable bonds is 3. The van der Waals surface area contributed by atoms with Gasteiger partial charge in [0.25, 0.3) is 0 Å². The lowest BCUT2D eigenvalue weighted by molar-refractivity contribution is -0.167. The molecule has 0 spiro atoms. The van der Waals surface area contributed by atoms with E-state index in [4.69, 9.17) is 5.11 Å². The minimum Gasteiger partial charge on any atom is -0.478 e. The zero-order valence-electron chi connectivity index (χ0n) is 10.00. The highest BCUT2D eigenvalue weighted by Gasteiger charge is 2.38. The molecular weight excluding hydrogens is 295 g/mol. The average molecular weight is 301 g/mol. The monoisotopic (exact) mass is 301 g/mol. The normalized spacial score (nSPS) is 11.2. The zero-order valence-corrected chi connectivity index (χ0v) is 10.00. The minimum absolute atomic E-state index is 0.0394. The van der Waals surface area contributed by atoms with Crippen LogP contribution in [0.3, 0.4) is 0 Å². The quantitative estimate of drug-likeness (QED) is 0.870. The first kappa shape index (κ1) is 14.4. The van der Waals surface area contributed by atoms with Crippen molar-refractivity contribution in [2.75, 3.05) is 5.32 Å². The Morgan fingerprint density at radius 3 is 2.52 bits per heavy atom. The molecule has 0 unspecified atom stereocenters. The summed E-state index contributed by atoms with van der Waals surface area (Å²) in [6, 6.07) is 3.15. The van der Waals surface area contributed by atoms with Gasteiger partial charge in [0.1, 0.15) is 6.33 Å². The fraction of sp³-hybridized carbons (Fsp3) is 0.100. The molecule has 0 saturated carbocycles. The van der Waals surface area contributed by atoms with E-state index in [2.05, 4.69) is 15.5 Å². The van der Waals surface area contributed by atoms with Crippen molar-refractivity contribution in [2.45, 2.75) is 6.18 Å². The lowest BCUT2D eigenvalue weighted by Gasteiger charge is -2.10. The number of aromatic carboxylic acids is 1. The van der Waals surface area contributed by atoms with Gasteiger partial charge >= 0.3 is 18.1 Å². The summed E-state index contributed by atoms with van der Waals surface area (Å²) in [6.07, 6.45) is -3.95. The zero-order chi connectivity index (χ0) is 15.6. The Labute approximate surface area is 114 Å². The van der Waals surface area contributed by atoms with Gasteiger partial charge in [-0.05, 0) is 28.6 Å². The molecule has 0 radical (unpaired) electrons. The van der Waals surface area contributed by atoms with Crippen molar-refractivity contribution in [2.24, 2.45) is 0 Å². The number of hydrogen-bond acceptors (Lipinski definition) is 5. The van der Waals surface area contributed by atoms with E-state index in [1.807, 2.05) is 0 Å². The molecule has 0 atom stereocenters. The summed E-state index contributed by atoms with van der Waals surface area (Å²) in [5, 5.41) is 20.8. The number of carboxylic acids is 1. The largest absolute Gasteiger partial charge is 0.478 e. The van der Waals surface area contributed by atoms with Gasteiger partial charge < -0.3 is 10.4 Å². The number of aromatic nitrogens is 4. The van der Waals surface area contributed by atoms with E-state index in [-0.39, 0.29) is 16.9 Å². The maximum absolute atomic E-state index is 12.1. The van der Waals surface area contributed by atoms with Gasteiger partial charge in [0.05, 0.1) is 11.3 Å². The number of halogens is 3. The summed E-state index contributed by atoms with van der Waals surface area (Å²) >= 11 is 0. The summed E-state index contributed by atoms with van der Waals surface area (Å²) in [5.74, 6) is -3.61. The summed E-state index contributed by atoms with van der Waals surface area (Å²) in [5.41, 5.74) is -0.647. The number of carbonyl (C=O) groups excluding carboxylic acids is 1. The number of anilines is 1. The van der Waals surface area contributed by atoms with Gasteiger partial charge in [-0.3, -0.25) is 4.79 Å². The van der Waals surface area contributed by atoms with Crippen molar-refractivity contribution in [3.63, 3.8) is 0 Å². The highest BCUT2D eigenvalue weighted by Crippen LogP contribution is 2.22. The third-order valence-electron chi connectivity index (χ3n) is 2.34. The molecule has 21 heavy (non-hydrogen) atoms. The van der Waals surface area contributed by atoms with Crippen LogP contribution in [-0.2, 0) is 4.79 Å². The second-order valence-electron chi connectivity index (χ2n) is 3.74. The van der Waals surface area contributed by atoms with Crippen LogP contribution < -0.4 is 5.32 Å². The second kappa shape index (κ2) is 5.19. The maximum atomic E-state index is 12.1. The van der Waals surface area contributed by atoms with Gasteiger partial charge in [0.2, 0.25) is 0 Å². The highest BCUT2D eigenvalue weighted by molar-refractivity contribution is 5.98. The number of amides is 1. The number of carboxylic acid groups (broad SMARTS) is 1. The van der Waals surface area contributed by atoms with Crippen LogP contribution in [0.25, 0.3) is 5.69 Å². The number of tetrazole rings is 1. The summed E-state index contributed by atoms with van der Waals surface area (Å²) in [6.45, 7) is 0. The molecular formula is C10H6F3N5O3. The Bertz CT molecular complexity index is 684. The van der Waals surface area contributed by atoms with E-state index in [1.165, 1.54) is 6.07 Å². The van der Waals surface area contributed by atoms with E-state index in [0.29, 0.717) is 0 Å². The lowest BCUT2D eigenvalue weighted by atomic mass is 10.1. The van der Waals surface area contributed by atoms with Crippen molar-refractivity contribution >= 4 is 17.6 Å². The number of alkyl halides is 3. The molecule has 0 aliphatic heterocycles. The Morgan fingerprint density at radius 2 is 2.00 bits per heavy atom. The van der Waals surface area contributed by atoms with Gasteiger partial charge in [-0.2, -0.15) is 17.9 Å². The smallest absolute Gasteiger partial charge is 0.471 e. The first-order valence-corrected chi connectivity index (χ1v) is 5.28. The molecule has 0 fully saturated rings. The molecule has 0 aliphatic carbocycles. The van der Waals surface area contributed by atoms with Crippen molar-refractivity contribution in [1.29, 1.82) is 0 Å². The SMILES string of the molecule is O=C(O)c1cc(NC(=O)C(F)(F)F)ccc1-n1cnnn1. The highest BCUT2D eigenvalue weighted by atomic mass is 19.4. The number of hydrogen-bond donors (Lipinski definition) is 2. The number of carbonyl (C=O) groups is 2. The molecule has 11 heteroatoms. The molecule has 2 rings (SSSR count). The second-order valence-corrected chi connectivity index (χ2v) is 3.74. The molecule has 1 amide bonds. The van der Waals surface area contributed by atoms with E-state index in [1.54, 1.807) is 5.32 Å². The maximum Gasteiger partial charge on any atom is 0.471 e. The molecule has 1 heterocycles. The third kappa shape index (κ3) is 3.13. The molecule has 0 saturated heterocycles.